The third kappa shape index (κ3) is 4.71. The Hall–Kier alpha value is -3.31. The first-order valence-corrected chi connectivity index (χ1v) is 15.3. The molecule has 2 saturated carbocycles. The SMILES string of the molecule is C[C@@H]1OC(=O)c2ccc(Nc3cc4c([C@](C)(N)C5CC5)cnc(O[C@H]5C[C@@H](S(C)(=O)=O)C5)c4cn3)nc2[C@H]1C. The molecule has 4 heterocycles. The fraction of sp³-hybridized carbons (Fsp3) is 0.500. The fourth-order valence-electron chi connectivity index (χ4n) is 5.48. The van der Waals surface area contributed by atoms with Crippen LogP contribution in [0.25, 0.3) is 10.8 Å². The van der Waals surface area contributed by atoms with Gasteiger partial charge in [0.15, 0.2) is 9.84 Å². The normalized spacial score (nSPS) is 26.2. The summed E-state index contributed by atoms with van der Waals surface area (Å²) in [7, 11) is -3.08. The lowest BCUT2D eigenvalue weighted by molar-refractivity contribution is 0.0235. The zero-order valence-corrected chi connectivity index (χ0v) is 23.3. The van der Waals surface area contributed by atoms with Crippen LogP contribution in [-0.4, -0.2) is 53.1 Å². The number of cyclic esters (lactones) is 1. The molecule has 3 atom stereocenters. The van der Waals surface area contributed by atoms with Crippen LogP contribution in [0, 0.1) is 5.92 Å². The van der Waals surface area contributed by atoms with Gasteiger partial charge in [0.05, 0.1) is 21.9 Å². The van der Waals surface area contributed by atoms with Gasteiger partial charge in [-0.3, -0.25) is 0 Å². The Morgan fingerprint density at radius 2 is 1.85 bits per heavy atom. The first-order valence-electron chi connectivity index (χ1n) is 13.3. The van der Waals surface area contributed by atoms with E-state index in [1.807, 2.05) is 26.8 Å². The zero-order chi connectivity index (χ0) is 27.7. The number of nitrogens with one attached hydrogen (secondary N) is 1. The molecular formula is C28H33N5O5S. The van der Waals surface area contributed by atoms with Gasteiger partial charge in [0.2, 0.25) is 5.88 Å². The Morgan fingerprint density at radius 3 is 2.54 bits per heavy atom. The standard InChI is InChI=1S/C28H33N5O5S/c1-14-15(2)37-27(34)19-7-8-23(33-25(14)19)32-24-11-20-21(12-30-24)26(38-17-9-18(10-17)39(4,35)36)31-13-22(20)28(3,29)16-5-6-16/h7-8,11-18H,5-6,9-10,29H2,1-4H3,(H,30,32,33)/t14-,15-,17-,18+,28+/m0/s1. The van der Waals surface area contributed by atoms with Gasteiger partial charge in [-0.05, 0) is 61.8 Å². The lowest BCUT2D eigenvalue weighted by Crippen LogP contribution is -2.42. The Morgan fingerprint density at radius 1 is 1.10 bits per heavy atom. The van der Waals surface area contributed by atoms with Crippen LogP contribution in [0.1, 0.15) is 74.0 Å². The number of nitrogens with zero attached hydrogens (tertiary/aromatic N) is 3. The Kier molecular flexibility index (Phi) is 6.07. The number of ether oxygens (including phenoxy) is 2. The van der Waals surface area contributed by atoms with E-state index >= 15 is 0 Å². The Bertz CT molecular complexity index is 1580. The molecule has 6 rings (SSSR count). The molecular weight excluding hydrogens is 518 g/mol. The van der Waals surface area contributed by atoms with Crippen LogP contribution < -0.4 is 15.8 Å². The van der Waals surface area contributed by atoms with E-state index in [0.717, 1.165) is 29.2 Å². The maximum absolute atomic E-state index is 12.3. The molecule has 0 radical (unpaired) electrons. The summed E-state index contributed by atoms with van der Waals surface area (Å²) in [5, 5.41) is 4.50. The predicted octanol–water partition coefficient (Wildman–Crippen LogP) is 3.97. The molecule has 206 valence electrons. The molecule has 0 unspecified atom stereocenters. The second-order valence-electron chi connectivity index (χ2n) is 11.5. The minimum atomic E-state index is -3.08. The third-order valence-electron chi connectivity index (χ3n) is 8.51. The lowest BCUT2D eigenvalue weighted by Gasteiger charge is -2.34. The number of anilines is 2. The van der Waals surface area contributed by atoms with Crippen molar-refractivity contribution in [3.63, 3.8) is 0 Å². The van der Waals surface area contributed by atoms with Crippen molar-refractivity contribution >= 4 is 38.2 Å². The molecule has 0 bridgehead atoms. The van der Waals surface area contributed by atoms with Crippen LogP contribution in [0.4, 0.5) is 11.6 Å². The number of nitrogens with two attached hydrogens (primary N) is 1. The number of rotatable bonds is 7. The topological polar surface area (TPSA) is 146 Å². The molecule has 11 heteroatoms. The van der Waals surface area contributed by atoms with E-state index in [0.29, 0.717) is 47.5 Å². The van der Waals surface area contributed by atoms with Gasteiger partial charge < -0.3 is 20.5 Å². The summed E-state index contributed by atoms with van der Waals surface area (Å²) in [6, 6.07) is 5.39. The van der Waals surface area contributed by atoms with Gasteiger partial charge in [0.1, 0.15) is 23.8 Å². The number of fused-ring (bicyclic) bond motifs is 2. The van der Waals surface area contributed by atoms with E-state index in [-0.39, 0.29) is 29.3 Å². The van der Waals surface area contributed by atoms with E-state index in [4.69, 9.17) is 20.2 Å². The molecule has 0 amide bonds. The summed E-state index contributed by atoms with van der Waals surface area (Å²) in [5.41, 5.74) is 8.35. The number of esters is 1. The summed E-state index contributed by atoms with van der Waals surface area (Å²) in [4.78, 5) is 26.2. The van der Waals surface area contributed by atoms with Crippen LogP contribution in [0.5, 0.6) is 5.88 Å². The number of hydrogen-bond acceptors (Lipinski definition) is 10. The summed E-state index contributed by atoms with van der Waals surface area (Å²) in [5.74, 6) is 1.53. The summed E-state index contributed by atoms with van der Waals surface area (Å²) < 4.78 is 35.2. The van der Waals surface area contributed by atoms with E-state index < -0.39 is 15.4 Å². The molecule has 0 saturated heterocycles. The van der Waals surface area contributed by atoms with Gasteiger partial charge in [-0.2, -0.15) is 0 Å². The van der Waals surface area contributed by atoms with Crippen LogP contribution in [0.2, 0.25) is 0 Å². The number of carbonyl (C=O) groups excluding carboxylic acids is 1. The van der Waals surface area contributed by atoms with Crippen LogP contribution in [0.3, 0.4) is 0 Å². The third-order valence-corrected chi connectivity index (χ3v) is 10.1. The van der Waals surface area contributed by atoms with Gasteiger partial charge in [0, 0.05) is 42.9 Å². The summed E-state index contributed by atoms with van der Waals surface area (Å²) >= 11 is 0. The largest absolute Gasteiger partial charge is 0.474 e. The highest BCUT2D eigenvalue weighted by atomic mass is 32.2. The van der Waals surface area contributed by atoms with Crippen molar-refractivity contribution in [3.05, 3.63) is 47.4 Å². The molecule has 2 aliphatic carbocycles. The lowest BCUT2D eigenvalue weighted by atomic mass is 9.86. The quantitative estimate of drug-likeness (QED) is 0.414. The minimum Gasteiger partial charge on any atom is -0.474 e. The van der Waals surface area contributed by atoms with Crippen molar-refractivity contribution in [2.45, 2.75) is 75.4 Å². The Labute approximate surface area is 227 Å². The number of sulfone groups is 1. The summed E-state index contributed by atoms with van der Waals surface area (Å²) in [6.45, 7) is 5.88. The number of carbonyl (C=O) groups is 1. The maximum Gasteiger partial charge on any atom is 0.340 e. The highest BCUT2D eigenvalue weighted by molar-refractivity contribution is 7.91. The Balaban J connectivity index is 1.34. The monoisotopic (exact) mass is 551 g/mol. The first kappa shape index (κ1) is 25.9. The molecule has 0 aromatic carbocycles. The van der Waals surface area contributed by atoms with Crippen molar-refractivity contribution < 1.29 is 22.7 Å². The average molecular weight is 552 g/mol. The van der Waals surface area contributed by atoms with Crippen molar-refractivity contribution in [2.24, 2.45) is 11.7 Å². The zero-order valence-electron chi connectivity index (χ0n) is 22.5. The van der Waals surface area contributed by atoms with Crippen LogP contribution >= 0.6 is 0 Å². The van der Waals surface area contributed by atoms with Crippen LogP contribution in [0.15, 0.2) is 30.6 Å². The number of aromatic nitrogens is 3. The molecule has 3 aliphatic rings. The number of pyridine rings is 3. The molecule has 2 fully saturated rings. The predicted molar refractivity (Wildman–Crippen MR) is 147 cm³/mol. The van der Waals surface area contributed by atoms with E-state index in [9.17, 15) is 13.2 Å². The van der Waals surface area contributed by atoms with Gasteiger partial charge in [-0.25, -0.2) is 28.2 Å². The minimum absolute atomic E-state index is 0.0355. The van der Waals surface area contributed by atoms with Gasteiger partial charge >= 0.3 is 5.97 Å². The van der Waals surface area contributed by atoms with E-state index in [2.05, 4.69) is 15.3 Å². The average Bonchev–Trinajstić information content (AvgIpc) is 3.70. The van der Waals surface area contributed by atoms with E-state index in [1.54, 1.807) is 24.5 Å². The number of hydrogen-bond donors (Lipinski definition) is 2. The summed E-state index contributed by atoms with van der Waals surface area (Å²) in [6.07, 6.45) is 7.30. The van der Waals surface area contributed by atoms with Gasteiger partial charge in [0.25, 0.3) is 0 Å². The molecule has 3 N–H and O–H groups in total. The van der Waals surface area contributed by atoms with Crippen molar-refractivity contribution in [2.75, 3.05) is 11.6 Å². The maximum atomic E-state index is 12.3. The first-order chi connectivity index (χ1) is 18.4. The molecule has 1 aliphatic heterocycles. The van der Waals surface area contributed by atoms with Crippen molar-refractivity contribution in [1.29, 1.82) is 0 Å². The highest BCUT2D eigenvalue weighted by Crippen LogP contribution is 2.46. The van der Waals surface area contributed by atoms with Gasteiger partial charge in [-0.1, -0.05) is 6.92 Å². The highest BCUT2D eigenvalue weighted by Gasteiger charge is 2.42. The molecule has 0 spiro atoms. The van der Waals surface area contributed by atoms with Crippen LogP contribution in [-0.2, 0) is 20.1 Å². The second kappa shape index (κ2) is 9.12. The van der Waals surface area contributed by atoms with E-state index in [1.165, 1.54) is 6.26 Å². The smallest absolute Gasteiger partial charge is 0.340 e. The van der Waals surface area contributed by atoms with Crippen molar-refractivity contribution in [1.82, 2.24) is 15.0 Å². The molecule has 39 heavy (non-hydrogen) atoms. The second-order valence-corrected chi connectivity index (χ2v) is 13.8. The molecule has 3 aromatic heterocycles. The molecule has 10 nitrogen and oxygen atoms in total. The van der Waals surface area contributed by atoms with Crippen molar-refractivity contribution in [3.8, 4) is 5.88 Å². The fourth-order valence-corrected chi connectivity index (χ4v) is 6.61. The molecule has 3 aromatic rings. The van der Waals surface area contributed by atoms with Gasteiger partial charge in [-0.15, -0.1) is 0 Å².